The normalized spacial score (nSPS) is 20.4. The van der Waals surface area contributed by atoms with Crippen LogP contribution in [0.4, 0.5) is 4.79 Å². The standard InChI is InChI=1S/C17H20N6O3/c1-11(9-24)17(12(2)20-16(26)21-17)10-18-15(25)14-8-19-23(22-14)13-6-4-3-5-7-13/h3-8,11,24H,2,9-10H2,1H3,(H,18,25)(H2,20,21,26). The number of carbonyl (C=O) groups excluding carboxylic acids is 2. The van der Waals surface area contributed by atoms with Gasteiger partial charge < -0.3 is 21.1 Å². The van der Waals surface area contributed by atoms with Crippen molar-refractivity contribution in [2.75, 3.05) is 13.2 Å². The molecule has 3 rings (SSSR count). The van der Waals surface area contributed by atoms with Crippen LogP contribution in [0.3, 0.4) is 0 Å². The molecule has 1 aliphatic heterocycles. The third-order valence-corrected chi connectivity index (χ3v) is 4.49. The first-order valence-corrected chi connectivity index (χ1v) is 8.11. The fraction of sp³-hybridized carbons (Fsp3) is 0.294. The fourth-order valence-corrected chi connectivity index (χ4v) is 2.82. The van der Waals surface area contributed by atoms with Gasteiger partial charge >= 0.3 is 6.03 Å². The second kappa shape index (κ2) is 6.96. The van der Waals surface area contributed by atoms with E-state index in [1.807, 2.05) is 30.3 Å². The molecule has 2 atom stereocenters. The number of urea groups is 1. The molecule has 9 heteroatoms. The molecule has 1 saturated heterocycles. The van der Waals surface area contributed by atoms with Gasteiger partial charge in [0.15, 0.2) is 5.69 Å². The molecule has 26 heavy (non-hydrogen) atoms. The Bertz CT molecular complexity index is 834. The van der Waals surface area contributed by atoms with Gasteiger partial charge in [-0.25, -0.2) is 4.79 Å². The highest BCUT2D eigenvalue weighted by atomic mass is 16.3. The van der Waals surface area contributed by atoms with Crippen LogP contribution in [0.1, 0.15) is 17.4 Å². The highest BCUT2D eigenvalue weighted by Gasteiger charge is 2.45. The highest BCUT2D eigenvalue weighted by molar-refractivity contribution is 5.92. The zero-order valence-electron chi connectivity index (χ0n) is 14.3. The van der Waals surface area contributed by atoms with Gasteiger partial charge in [0.05, 0.1) is 11.9 Å². The quantitative estimate of drug-likeness (QED) is 0.589. The topological polar surface area (TPSA) is 121 Å². The van der Waals surface area contributed by atoms with Crippen molar-refractivity contribution < 1.29 is 14.7 Å². The lowest BCUT2D eigenvalue weighted by molar-refractivity contribution is 0.0922. The molecule has 1 fully saturated rings. The number of aromatic nitrogens is 3. The monoisotopic (exact) mass is 356 g/mol. The van der Waals surface area contributed by atoms with Crippen LogP contribution in [0.2, 0.25) is 0 Å². The molecule has 1 aromatic heterocycles. The van der Waals surface area contributed by atoms with Gasteiger partial charge in [-0.3, -0.25) is 4.79 Å². The maximum atomic E-state index is 12.4. The highest BCUT2D eigenvalue weighted by Crippen LogP contribution is 2.26. The second-order valence-electron chi connectivity index (χ2n) is 6.15. The van der Waals surface area contributed by atoms with Gasteiger partial charge in [-0.05, 0) is 12.1 Å². The molecule has 4 N–H and O–H groups in total. The zero-order chi connectivity index (χ0) is 18.7. The summed E-state index contributed by atoms with van der Waals surface area (Å²) in [6.45, 7) is 5.47. The molecule has 1 aromatic carbocycles. The van der Waals surface area contributed by atoms with Crippen molar-refractivity contribution in [3.63, 3.8) is 0 Å². The Hall–Kier alpha value is -3.20. The number of para-hydroxylation sites is 1. The van der Waals surface area contributed by atoms with Crippen LogP contribution in [0.25, 0.3) is 5.69 Å². The number of rotatable bonds is 6. The summed E-state index contributed by atoms with van der Waals surface area (Å²) < 4.78 is 0. The van der Waals surface area contributed by atoms with Crippen LogP contribution in [0.5, 0.6) is 0 Å². The number of aliphatic hydroxyl groups excluding tert-OH is 1. The fourth-order valence-electron chi connectivity index (χ4n) is 2.82. The van der Waals surface area contributed by atoms with Crippen molar-refractivity contribution in [3.05, 3.63) is 54.5 Å². The molecule has 2 heterocycles. The molecular formula is C17H20N6O3. The number of hydrogen-bond acceptors (Lipinski definition) is 5. The molecule has 2 unspecified atom stereocenters. The molecule has 0 aliphatic carbocycles. The molecule has 0 radical (unpaired) electrons. The molecule has 3 amide bonds. The van der Waals surface area contributed by atoms with Crippen LogP contribution in [-0.2, 0) is 0 Å². The van der Waals surface area contributed by atoms with Crippen molar-refractivity contribution in [2.24, 2.45) is 5.92 Å². The van der Waals surface area contributed by atoms with E-state index >= 15 is 0 Å². The summed E-state index contributed by atoms with van der Waals surface area (Å²) in [4.78, 5) is 25.5. The minimum atomic E-state index is -0.975. The van der Waals surface area contributed by atoms with Gasteiger partial charge in [0.25, 0.3) is 5.91 Å². The summed E-state index contributed by atoms with van der Waals surface area (Å²) in [5.74, 6) is -0.792. The lowest BCUT2D eigenvalue weighted by Gasteiger charge is -2.34. The second-order valence-corrected chi connectivity index (χ2v) is 6.15. The van der Waals surface area contributed by atoms with Crippen molar-refractivity contribution in [1.82, 2.24) is 30.9 Å². The Kier molecular flexibility index (Phi) is 4.72. The first-order valence-electron chi connectivity index (χ1n) is 8.11. The number of nitrogens with zero attached hydrogens (tertiary/aromatic N) is 3. The Morgan fingerprint density at radius 1 is 1.42 bits per heavy atom. The third-order valence-electron chi connectivity index (χ3n) is 4.49. The maximum absolute atomic E-state index is 12.4. The first kappa shape index (κ1) is 17.6. The zero-order valence-corrected chi connectivity index (χ0v) is 14.3. The minimum absolute atomic E-state index is 0.0589. The molecule has 2 aromatic rings. The SMILES string of the molecule is C=C1NC(=O)NC1(CNC(=O)c1cnn(-c2ccccc2)n1)C(C)CO. The van der Waals surface area contributed by atoms with Gasteiger partial charge in [0, 0.05) is 24.8 Å². The number of carbonyl (C=O) groups is 2. The maximum Gasteiger partial charge on any atom is 0.319 e. The van der Waals surface area contributed by atoms with Gasteiger partial charge in [-0.2, -0.15) is 9.90 Å². The van der Waals surface area contributed by atoms with Crippen LogP contribution < -0.4 is 16.0 Å². The Labute approximate surface area is 150 Å². The van der Waals surface area contributed by atoms with Crippen LogP contribution in [-0.4, -0.2) is 50.7 Å². The largest absolute Gasteiger partial charge is 0.396 e. The summed E-state index contributed by atoms with van der Waals surface area (Å²) in [6.07, 6.45) is 1.37. The number of nitrogens with one attached hydrogen (secondary N) is 3. The molecular weight excluding hydrogens is 336 g/mol. The summed E-state index contributed by atoms with van der Waals surface area (Å²) >= 11 is 0. The Morgan fingerprint density at radius 2 is 2.15 bits per heavy atom. The van der Waals surface area contributed by atoms with Crippen LogP contribution in [0, 0.1) is 5.92 Å². The lowest BCUT2D eigenvalue weighted by atomic mass is 9.83. The van der Waals surface area contributed by atoms with Crippen molar-refractivity contribution in [3.8, 4) is 5.69 Å². The summed E-state index contributed by atoms with van der Waals surface area (Å²) in [7, 11) is 0. The van der Waals surface area contributed by atoms with Crippen LogP contribution >= 0.6 is 0 Å². The smallest absolute Gasteiger partial charge is 0.319 e. The number of amides is 3. The summed E-state index contributed by atoms with van der Waals surface area (Å²) in [5.41, 5.74) is 0.301. The van der Waals surface area contributed by atoms with Gasteiger partial charge in [-0.1, -0.05) is 31.7 Å². The van der Waals surface area contributed by atoms with E-state index in [4.69, 9.17) is 0 Å². The van der Waals surface area contributed by atoms with E-state index in [0.29, 0.717) is 5.70 Å². The van der Waals surface area contributed by atoms with Gasteiger partial charge in [0.2, 0.25) is 0 Å². The third kappa shape index (κ3) is 3.16. The van der Waals surface area contributed by atoms with Gasteiger partial charge in [0.1, 0.15) is 5.54 Å². The van der Waals surface area contributed by atoms with E-state index < -0.39 is 17.5 Å². The molecule has 9 nitrogen and oxygen atoms in total. The number of benzene rings is 1. The van der Waals surface area contributed by atoms with E-state index in [2.05, 4.69) is 32.7 Å². The van der Waals surface area contributed by atoms with E-state index in [9.17, 15) is 14.7 Å². The van der Waals surface area contributed by atoms with E-state index in [0.717, 1.165) is 5.69 Å². The molecule has 1 aliphatic rings. The summed E-state index contributed by atoms with van der Waals surface area (Å²) in [5, 5.41) is 25.8. The van der Waals surface area contributed by atoms with Gasteiger partial charge in [-0.15, -0.1) is 5.10 Å². The van der Waals surface area contributed by atoms with Crippen LogP contribution in [0.15, 0.2) is 48.8 Å². The number of aliphatic hydroxyl groups is 1. The average molecular weight is 356 g/mol. The predicted octanol–water partition coefficient (Wildman–Crippen LogP) is 0.191. The summed E-state index contributed by atoms with van der Waals surface area (Å²) in [6, 6.07) is 8.80. The lowest BCUT2D eigenvalue weighted by Crippen LogP contribution is -2.56. The van der Waals surface area contributed by atoms with E-state index in [1.54, 1.807) is 6.92 Å². The van der Waals surface area contributed by atoms with E-state index in [1.165, 1.54) is 11.0 Å². The minimum Gasteiger partial charge on any atom is -0.396 e. The Balaban J connectivity index is 1.73. The predicted molar refractivity (Wildman–Crippen MR) is 93.5 cm³/mol. The van der Waals surface area contributed by atoms with E-state index in [-0.39, 0.29) is 24.8 Å². The van der Waals surface area contributed by atoms with Crippen molar-refractivity contribution in [2.45, 2.75) is 12.5 Å². The van der Waals surface area contributed by atoms with Crippen molar-refractivity contribution >= 4 is 11.9 Å². The Morgan fingerprint density at radius 3 is 2.77 bits per heavy atom. The first-order chi connectivity index (χ1) is 12.5. The molecule has 136 valence electrons. The molecule has 0 saturated carbocycles. The average Bonchev–Trinajstić information content (AvgIpc) is 3.25. The van der Waals surface area contributed by atoms with Crippen molar-refractivity contribution in [1.29, 1.82) is 0 Å². The number of hydrogen-bond donors (Lipinski definition) is 4. The molecule has 0 spiro atoms. The molecule has 0 bridgehead atoms.